The van der Waals surface area contributed by atoms with Crippen LogP contribution in [0.4, 0.5) is 5.69 Å². The number of amides is 1. The molecule has 1 N–H and O–H groups in total. The molecule has 1 aromatic heterocycles. The lowest BCUT2D eigenvalue weighted by Gasteiger charge is -2.06. The lowest BCUT2D eigenvalue weighted by Crippen LogP contribution is -2.13. The Balaban J connectivity index is 1.68. The summed E-state index contributed by atoms with van der Waals surface area (Å²) in [6, 6.07) is 18.0. The first kappa shape index (κ1) is 15.5. The number of para-hydroxylation sites is 2. The fourth-order valence-corrected chi connectivity index (χ4v) is 3.48. The summed E-state index contributed by atoms with van der Waals surface area (Å²) in [5.41, 5.74) is 5.25. The Morgan fingerprint density at radius 2 is 1.80 bits per heavy atom. The highest BCUT2D eigenvalue weighted by Gasteiger charge is 2.17. The molecule has 124 valence electrons. The van der Waals surface area contributed by atoms with Crippen molar-refractivity contribution < 1.29 is 4.79 Å². The summed E-state index contributed by atoms with van der Waals surface area (Å²) >= 11 is 0. The van der Waals surface area contributed by atoms with Gasteiger partial charge in [0.15, 0.2) is 0 Å². The Bertz CT molecular complexity index is 994. The van der Waals surface area contributed by atoms with Gasteiger partial charge in [-0.05, 0) is 49.3 Å². The Hall–Kier alpha value is -3.07. The van der Waals surface area contributed by atoms with Gasteiger partial charge in [-0.25, -0.2) is 0 Å². The molecule has 2 aromatic carbocycles. The van der Waals surface area contributed by atoms with Crippen molar-refractivity contribution in [3.05, 3.63) is 83.6 Å². The smallest absolute Gasteiger partial charge is 0.255 e. The molecule has 0 radical (unpaired) electrons. The second-order valence-electron chi connectivity index (χ2n) is 6.14. The normalized spacial score (nSPS) is 13.2. The molecule has 25 heavy (non-hydrogen) atoms. The van der Waals surface area contributed by atoms with Crippen molar-refractivity contribution in [2.75, 3.05) is 5.32 Å². The van der Waals surface area contributed by atoms with Crippen LogP contribution < -0.4 is 5.32 Å². The number of benzene rings is 2. The molecular weight excluding hydrogens is 308 g/mol. The zero-order chi connectivity index (χ0) is 17.2. The number of aryl methyl sites for hydroxylation is 1. The third-order valence-corrected chi connectivity index (χ3v) is 4.68. The van der Waals surface area contributed by atoms with E-state index in [9.17, 15) is 4.79 Å². The topological polar surface area (TPSA) is 34.0 Å². The van der Waals surface area contributed by atoms with Crippen LogP contribution in [0.3, 0.4) is 0 Å². The molecule has 0 fully saturated rings. The largest absolute Gasteiger partial charge is 0.341 e. The van der Waals surface area contributed by atoms with Gasteiger partial charge in [0.2, 0.25) is 0 Å². The quantitative estimate of drug-likeness (QED) is 0.736. The fraction of sp³-hybridized carbons (Fsp3) is 0.136. The van der Waals surface area contributed by atoms with Gasteiger partial charge in [0, 0.05) is 34.4 Å². The molecule has 0 spiro atoms. The van der Waals surface area contributed by atoms with Crippen LogP contribution >= 0.6 is 0 Å². The lowest BCUT2D eigenvalue weighted by atomic mass is 10.1. The van der Waals surface area contributed by atoms with Gasteiger partial charge in [0.25, 0.3) is 5.91 Å². The molecule has 3 nitrogen and oxygen atoms in total. The number of rotatable bonds is 3. The lowest BCUT2D eigenvalue weighted by molar-refractivity contribution is -0.112. The molecule has 1 aliphatic carbocycles. The van der Waals surface area contributed by atoms with E-state index < -0.39 is 0 Å². The molecule has 0 saturated carbocycles. The molecule has 0 bridgehead atoms. The Kier molecular flexibility index (Phi) is 3.98. The maximum absolute atomic E-state index is 12.6. The number of fused-ring (bicyclic) bond motifs is 3. The number of allylic oxidation sites excluding steroid dienone is 1. The highest BCUT2D eigenvalue weighted by Crippen LogP contribution is 2.30. The first-order valence-electron chi connectivity index (χ1n) is 8.62. The predicted octanol–water partition coefficient (Wildman–Crippen LogP) is 4.80. The van der Waals surface area contributed by atoms with E-state index in [1.54, 1.807) is 0 Å². The monoisotopic (exact) mass is 328 g/mol. The first-order chi connectivity index (χ1) is 12.3. The number of carbonyl (C=O) groups is 1. The number of nitrogens with one attached hydrogen (secondary N) is 1. The van der Waals surface area contributed by atoms with Crippen LogP contribution in [0.1, 0.15) is 18.2 Å². The van der Waals surface area contributed by atoms with Crippen molar-refractivity contribution >= 4 is 28.6 Å². The van der Waals surface area contributed by atoms with E-state index in [2.05, 4.69) is 47.1 Å². The van der Waals surface area contributed by atoms with E-state index in [1.165, 1.54) is 22.2 Å². The van der Waals surface area contributed by atoms with E-state index >= 15 is 0 Å². The van der Waals surface area contributed by atoms with Crippen molar-refractivity contribution in [3.63, 3.8) is 0 Å². The number of nitrogens with zero attached hydrogens (tertiary/aromatic N) is 1. The summed E-state index contributed by atoms with van der Waals surface area (Å²) in [6.45, 7) is 3.06. The van der Waals surface area contributed by atoms with Gasteiger partial charge in [0.1, 0.15) is 0 Å². The number of anilines is 1. The highest BCUT2D eigenvalue weighted by molar-refractivity contribution is 6.07. The van der Waals surface area contributed by atoms with Gasteiger partial charge >= 0.3 is 0 Å². The number of hydrogen-bond acceptors (Lipinski definition) is 1. The van der Waals surface area contributed by atoms with Crippen LogP contribution in [0.5, 0.6) is 0 Å². The van der Waals surface area contributed by atoms with Crippen molar-refractivity contribution in [1.82, 2.24) is 4.57 Å². The summed E-state index contributed by atoms with van der Waals surface area (Å²) in [5, 5.41) is 4.23. The molecule has 1 heterocycles. The minimum atomic E-state index is -0.0695. The number of hydrogen-bond donors (Lipinski definition) is 1. The summed E-state index contributed by atoms with van der Waals surface area (Å²) in [6.07, 6.45) is 6.78. The van der Waals surface area contributed by atoms with E-state index in [1.807, 2.05) is 42.5 Å². The van der Waals surface area contributed by atoms with Crippen LogP contribution in [0.2, 0.25) is 0 Å². The Morgan fingerprint density at radius 1 is 1.04 bits per heavy atom. The standard InChI is InChI=1S/C22H20N2O/c1-2-24-20-11-7-6-10-18(20)19-14-12-16(13-15-21(19)24)22(25)23-17-8-4-3-5-9-17/h3-13,15H,2,14H2,1H3,(H,23,25). The van der Waals surface area contributed by atoms with Gasteiger partial charge in [-0.1, -0.05) is 42.5 Å². The van der Waals surface area contributed by atoms with Gasteiger partial charge < -0.3 is 9.88 Å². The first-order valence-corrected chi connectivity index (χ1v) is 8.62. The minimum Gasteiger partial charge on any atom is -0.341 e. The van der Waals surface area contributed by atoms with Gasteiger partial charge in [0.05, 0.1) is 0 Å². The maximum atomic E-state index is 12.6. The summed E-state index contributed by atoms with van der Waals surface area (Å²) in [7, 11) is 0. The number of aromatic nitrogens is 1. The van der Waals surface area contributed by atoms with Crippen LogP contribution in [0, 0.1) is 0 Å². The third-order valence-electron chi connectivity index (χ3n) is 4.68. The average molecular weight is 328 g/mol. The van der Waals surface area contributed by atoms with Crippen LogP contribution in [-0.4, -0.2) is 10.5 Å². The predicted molar refractivity (Wildman–Crippen MR) is 104 cm³/mol. The second-order valence-corrected chi connectivity index (χ2v) is 6.14. The van der Waals surface area contributed by atoms with Crippen LogP contribution in [0.15, 0.2) is 72.3 Å². The molecule has 1 amide bonds. The minimum absolute atomic E-state index is 0.0695. The molecule has 3 aromatic rings. The number of carbonyl (C=O) groups excluding carboxylic acids is 1. The summed E-state index contributed by atoms with van der Waals surface area (Å²) in [4.78, 5) is 12.6. The second kappa shape index (κ2) is 6.44. The molecule has 0 atom stereocenters. The zero-order valence-corrected chi connectivity index (χ0v) is 14.2. The highest BCUT2D eigenvalue weighted by atomic mass is 16.1. The van der Waals surface area contributed by atoms with Gasteiger partial charge in [-0.2, -0.15) is 0 Å². The zero-order valence-electron chi connectivity index (χ0n) is 14.2. The Morgan fingerprint density at radius 3 is 2.60 bits per heavy atom. The van der Waals surface area contributed by atoms with E-state index in [0.717, 1.165) is 18.7 Å². The Labute approximate surface area is 147 Å². The molecule has 1 aliphatic rings. The maximum Gasteiger partial charge on any atom is 0.255 e. The van der Waals surface area contributed by atoms with Crippen molar-refractivity contribution in [2.24, 2.45) is 0 Å². The van der Waals surface area contributed by atoms with Gasteiger partial charge in [-0.3, -0.25) is 4.79 Å². The SMILES string of the molecule is CCn1c2c(c3ccccc31)CC=C(C(=O)Nc1ccccc1)C=C2. The molecule has 0 aliphatic heterocycles. The van der Waals surface area contributed by atoms with E-state index in [4.69, 9.17) is 0 Å². The van der Waals surface area contributed by atoms with Crippen LogP contribution in [-0.2, 0) is 17.8 Å². The average Bonchev–Trinajstić information content (AvgIpc) is 2.79. The molecule has 4 rings (SSSR count). The third kappa shape index (κ3) is 2.78. The summed E-state index contributed by atoms with van der Waals surface area (Å²) < 4.78 is 2.31. The molecule has 0 saturated heterocycles. The summed E-state index contributed by atoms with van der Waals surface area (Å²) in [5.74, 6) is -0.0695. The molecule has 0 unspecified atom stereocenters. The molecular formula is C22H20N2O. The van der Waals surface area contributed by atoms with E-state index in [0.29, 0.717) is 5.57 Å². The fourth-order valence-electron chi connectivity index (χ4n) is 3.48. The van der Waals surface area contributed by atoms with Crippen molar-refractivity contribution in [1.29, 1.82) is 0 Å². The molecule has 3 heteroatoms. The van der Waals surface area contributed by atoms with Crippen LogP contribution in [0.25, 0.3) is 17.0 Å². The van der Waals surface area contributed by atoms with E-state index in [-0.39, 0.29) is 5.91 Å². The van der Waals surface area contributed by atoms with Crippen molar-refractivity contribution in [2.45, 2.75) is 19.9 Å². The van der Waals surface area contributed by atoms with Gasteiger partial charge in [-0.15, -0.1) is 0 Å². The van der Waals surface area contributed by atoms with Crippen molar-refractivity contribution in [3.8, 4) is 0 Å².